The van der Waals surface area contributed by atoms with Crippen molar-refractivity contribution in [3.63, 3.8) is 0 Å². The molecular weight excluding hydrogens is 318 g/mol. The van der Waals surface area contributed by atoms with Crippen LogP contribution in [0.1, 0.15) is 28.1 Å². The lowest BCUT2D eigenvalue weighted by Gasteiger charge is -2.07. The Bertz CT molecular complexity index is 784. The van der Waals surface area contributed by atoms with Crippen molar-refractivity contribution in [2.24, 2.45) is 0 Å². The summed E-state index contributed by atoms with van der Waals surface area (Å²) in [5.41, 5.74) is 1.84. The molecule has 5 heteroatoms. The van der Waals surface area contributed by atoms with Gasteiger partial charge >= 0.3 is 5.97 Å². The number of hydrogen-bond acceptors (Lipinski definition) is 5. The molecular formula is C20H19NO4. The molecule has 0 unspecified atom stereocenters. The van der Waals surface area contributed by atoms with Crippen molar-refractivity contribution in [3.05, 3.63) is 84.1 Å². The minimum absolute atomic E-state index is 0.194. The lowest BCUT2D eigenvalue weighted by molar-refractivity contribution is 0.0460. The molecule has 3 aromatic rings. The van der Waals surface area contributed by atoms with Crippen molar-refractivity contribution in [1.29, 1.82) is 0 Å². The van der Waals surface area contributed by atoms with Crippen LogP contribution in [0.25, 0.3) is 0 Å². The molecule has 0 spiro atoms. The van der Waals surface area contributed by atoms with E-state index in [4.69, 9.17) is 13.9 Å². The number of esters is 1. The second kappa shape index (κ2) is 8.68. The molecule has 0 radical (unpaired) electrons. The lowest BCUT2D eigenvalue weighted by Crippen LogP contribution is -2.09. The van der Waals surface area contributed by atoms with Gasteiger partial charge in [0.2, 0.25) is 5.76 Å². The summed E-state index contributed by atoms with van der Waals surface area (Å²) in [6, 6.07) is 15.0. The minimum Gasteiger partial charge on any atom is -0.489 e. The Kier molecular flexibility index (Phi) is 5.82. The first-order valence-corrected chi connectivity index (χ1v) is 8.13. The van der Waals surface area contributed by atoms with Crippen LogP contribution in [0.4, 0.5) is 0 Å². The molecule has 0 amide bonds. The van der Waals surface area contributed by atoms with Crippen molar-refractivity contribution in [1.82, 2.24) is 4.98 Å². The smallest absolute Gasteiger partial charge is 0.374 e. The van der Waals surface area contributed by atoms with Gasteiger partial charge in [-0.25, -0.2) is 4.79 Å². The molecule has 0 N–H and O–H groups in total. The van der Waals surface area contributed by atoms with E-state index in [0.717, 1.165) is 18.6 Å². The highest BCUT2D eigenvalue weighted by molar-refractivity contribution is 5.87. The average Bonchev–Trinajstić information content (AvgIpc) is 3.14. The molecule has 25 heavy (non-hydrogen) atoms. The summed E-state index contributed by atoms with van der Waals surface area (Å²) >= 11 is 0. The van der Waals surface area contributed by atoms with Crippen LogP contribution >= 0.6 is 0 Å². The van der Waals surface area contributed by atoms with Crippen molar-refractivity contribution < 1.29 is 18.7 Å². The van der Waals surface area contributed by atoms with E-state index in [9.17, 15) is 4.79 Å². The number of carbonyl (C=O) groups is 1. The summed E-state index contributed by atoms with van der Waals surface area (Å²) < 4.78 is 16.2. The molecule has 5 nitrogen and oxygen atoms in total. The Hall–Kier alpha value is -3.08. The first kappa shape index (κ1) is 16.8. The molecule has 0 bridgehead atoms. The summed E-state index contributed by atoms with van der Waals surface area (Å²) in [7, 11) is 0. The summed E-state index contributed by atoms with van der Waals surface area (Å²) in [5, 5.41) is 0. The molecule has 2 heterocycles. The summed E-state index contributed by atoms with van der Waals surface area (Å²) in [6.45, 7) is 0.586. The zero-order valence-electron chi connectivity index (χ0n) is 13.8. The van der Waals surface area contributed by atoms with Gasteiger partial charge in [0, 0.05) is 18.0 Å². The van der Waals surface area contributed by atoms with Gasteiger partial charge in [-0.3, -0.25) is 4.98 Å². The number of ether oxygens (including phenoxy) is 2. The van der Waals surface area contributed by atoms with E-state index in [2.05, 4.69) is 4.98 Å². The molecule has 0 aliphatic carbocycles. The highest BCUT2D eigenvalue weighted by atomic mass is 16.5. The fourth-order valence-electron chi connectivity index (χ4n) is 2.36. The lowest BCUT2D eigenvalue weighted by atomic mass is 10.1. The van der Waals surface area contributed by atoms with Gasteiger partial charge in [0.15, 0.2) is 0 Å². The second-order valence-corrected chi connectivity index (χ2v) is 5.47. The molecule has 3 rings (SSSR count). The Labute approximate surface area is 146 Å². The van der Waals surface area contributed by atoms with Crippen LogP contribution < -0.4 is 4.74 Å². The highest BCUT2D eigenvalue weighted by Gasteiger charge is 2.17. The topological polar surface area (TPSA) is 61.6 Å². The van der Waals surface area contributed by atoms with Gasteiger partial charge in [-0.1, -0.05) is 18.2 Å². The maximum atomic E-state index is 12.2. The van der Waals surface area contributed by atoms with Crippen LogP contribution in [0.2, 0.25) is 0 Å². The number of nitrogens with zero attached hydrogens (tertiary/aromatic N) is 1. The van der Waals surface area contributed by atoms with Gasteiger partial charge < -0.3 is 13.9 Å². The molecule has 0 aliphatic rings. The number of para-hydroxylation sites is 1. The highest BCUT2D eigenvalue weighted by Crippen LogP contribution is 2.16. The van der Waals surface area contributed by atoms with E-state index in [1.807, 2.05) is 42.5 Å². The molecule has 0 atom stereocenters. The quantitative estimate of drug-likeness (QED) is 0.458. The van der Waals surface area contributed by atoms with Gasteiger partial charge in [-0.2, -0.15) is 0 Å². The third-order valence-corrected chi connectivity index (χ3v) is 3.66. The fourth-order valence-corrected chi connectivity index (χ4v) is 2.36. The van der Waals surface area contributed by atoms with Crippen LogP contribution in [-0.4, -0.2) is 17.6 Å². The number of furan rings is 1. The number of hydrogen-bond donors (Lipinski definition) is 0. The first-order chi connectivity index (χ1) is 12.3. The molecule has 0 saturated carbocycles. The molecule has 0 fully saturated rings. The van der Waals surface area contributed by atoms with Crippen molar-refractivity contribution >= 4 is 5.97 Å². The normalized spacial score (nSPS) is 10.4. The minimum atomic E-state index is -0.466. The van der Waals surface area contributed by atoms with Crippen molar-refractivity contribution in [3.8, 4) is 5.75 Å². The average molecular weight is 337 g/mol. The Morgan fingerprint density at radius 3 is 2.64 bits per heavy atom. The summed E-state index contributed by atoms with van der Waals surface area (Å²) in [5.74, 6) is 0.464. The second-order valence-electron chi connectivity index (χ2n) is 5.47. The van der Waals surface area contributed by atoms with Crippen molar-refractivity contribution in [2.45, 2.75) is 19.4 Å². The number of aryl methyl sites for hydroxylation is 1. The van der Waals surface area contributed by atoms with Gasteiger partial charge in [-0.05, 0) is 48.7 Å². The molecule has 0 saturated heterocycles. The van der Waals surface area contributed by atoms with E-state index < -0.39 is 5.97 Å². The summed E-state index contributed by atoms with van der Waals surface area (Å²) in [4.78, 5) is 16.1. The van der Waals surface area contributed by atoms with Crippen LogP contribution in [0.15, 0.2) is 71.6 Å². The number of aromatic nitrogens is 1. The van der Waals surface area contributed by atoms with Crippen LogP contribution in [-0.2, 0) is 17.8 Å². The Morgan fingerprint density at radius 2 is 1.84 bits per heavy atom. The van der Waals surface area contributed by atoms with Gasteiger partial charge in [0.1, 0.15) is 12.4 Å². The van der Waals surface area contributed by atoms with Crippen LogP contribution in [0.3, 0.4) is 0 Å². The van der Waals surface area contributed by atoms with Gasteiger partial charge in [0.25, 0.3) is 0 Å². The van der Waals surface area contributed by atoms with Gasteiger partial charge in [0.05, 0.1) is 12.9 Å². The van der Waals surface area contributed by atoms with Crippen LogP contribution in [0, 0.1) is 0 Å². The molecule has 128 valence electrons. The van der Waals surface area contributed by atoms with Crippen molar-refractivity contribution in [2.75, 3.05) is 6.61 Å². The zero-order chi connectivity index (χ0) is 17.3. The zero-order valence-corrected chi connectivity index (χ0v) is 13.8. The number of carbonyl (C=O) groups excluding carboxylic acids is 1. The van der Waals surface area contributed by atoms with E-state index in [-0.39, 0.29) is 12.4 Å². The Morgan fingerprint density at radius 1 is 1.04 bits per heavy atom. The third kappa shape index (κ3) is 4.94. The number of pyridine rings is 1. The Balaban J connectivity index is 1.47. The fraction of sp³-hybridized carbons (Fsp3) is 0.200. The number of benzene rings is 1. The molecule has 1 aromatic carbocycles. The number of rotatable bonds is 8. The SMILES string of the molecule is O=C(OCCCc1ccncc1)c1occc1COc1ccccc1. The third-order valence-electron chi connectivity index (χ3n) is 3.66. The molecule has 2 aromatic heterocycles. The van der Waals surface area contributed by atoms with E-state index in [1.165, 1.54) is 11.8 Å². The van der Waals surface area contributed by atoms with E-state index >= 15 is 0 Å². The first-order valence-electron chi connectivity index (χ1n) is 8.13. The standard InChI is InChI=1S/C20H19NO4/c22-20(24-13-4-5-16-8-11-21-12-9-16)19-17(10-14-23-19)15-25-18-6-2-1-3-7-18/h1-3,6-12,14H,4-5,13,15H2. The van der Waals surface area contributed by atoms with Gasteiger partial charge in [-0.15, -0.1) is 0 Å². The predicted molar refractivity (Wildman–Crippen MR) is 92.3 cm³/mol. The van der Waals surface area contributed by atoms with E-state index in [0.29, 0.717) is 12.2 Å². The summed E-state index contributed by atoms with van der Waals surface area (Å²) in [6.07, 6.45) is 6.55. The maximum Gasteiger partial charge on any atom is 0.374 e. The monoisotopic (exact) mass is 337 g/mol. The van der Waals surface area contributed by atoms with E-state index in [1.54, 1.807) is 18.5 Å². The van der Waals surface area contributed by atoms with Crippen LogP contribution in [0.5, 0.6) is 5.75 Å². The predicted octanol–water partition coefficient (Wildman–Crippen LogP) is 4.04. The largest absolute Gasteiger partial charge is 0.489 e. The molecule has 0 aliphatic heterocycles. The maximum absolute atomic E-state index is 12.2.